The zero-order valence-electron chi connectivity index (χ0n) is 12.2. The largest absolute Gasteiger partial charge is 0.472 e. The molecule has 1 aliphatic rings. The number of hydrogen-bond acceptors (Lipinski definition) is 4. The Balaban J connectivity index is 1.82. The van der Waals surface area contributed by atoms with Crippen LogP contribution in [-0.4, -0.2) is 19.5 Å². The highest BCUT2D eigenvalue weighted by molar-refractivity contribution is 6.33. The molecule has 1 aliphatic carbocycles. The minimum Gasteiger partial charge on any atom is -0.472 e. The Bertz CT molecular complexity index is 775. The Morgan fingerprint density at radius 1 is 1.23 bits per heavy atom. The van der Waals surface area contributed by atoms with Crippen molar-refractivity contribution in [3.05, 3.63) is 30.1 Å². The maximum Gasteiger partial charge on any atom is 0.165 e. The first-order valence-corrected chi connectivity index (χ1v) is 8.10. The molecular formula is C16H17ClN4O. The predicted octanol–water partition coefficient (Wildman–Crippen LogP) is 4.32. The maximum absolute atomic E-state index is 6.20. The van der Waals surface area contributed by atoms with E-state index in [-0.39, 0.29) is 0 Å². The predicted molar refractivity (Wildman–Crippen MR) is 84.6 cm³/mol. The van der Waals surface area contributed by atoms with Crippen molar-refractivity contribution in [2.75, 3.05) is 0 Å². The van der Waals surface area contributed by atoms with Crippen LogP contribution in [0.2, 0.25) is 5.15 Å². The quantitative estimate of drug-likeness (QED) is 0.675. The van der Waals surface area contributed by atoms with E-state index >= 15 is 0 Å². The van der Waals surface area contributed by atoms with Gasteiger partial charge in [-0.1, -0.05) is 30.9 Å². The molecule has 114 valence electrons. The average Bonchev–Trinajstić information content (AvgIpc) is 3.17. The van der Waals surface area contributed by atoms with E-state index in [1.54, 1.807) is 12.5 Å². The van der Waals surface area contributed by atoms with E-state index in [4.69, 9.17) is 16.0 Å². The third-order valence-electron chi connectivity index (χ3n) is 4.43. The summed E-state index contributed by atoms with van der Waals surface area (Å²) >= 11 is 6.20. The second kappa shape index (κ2) is 5.72. The molecule has 0 amide bonds. The molecule has 6 heteroatoms. The second-order valence-corrected chi connectivity index (χ2v) is 6.26. The molecule has 0 unspecified atom stereocenters. The molecule has 4 rings (SSSR count). The molecule has 0 spiro atoms. The third-order valence-corrected chi connectivity index (χ3v) is 4.71. The van der Waals surface area contributed by atoms with Crippen molar-refractivity contribution in [2.24, 2.45) is 5.92 Å². The Morgan fingerprint density at radius 3 is 2.86 bits per heavy atom. The van der Waals surface area contributed by atoms with Gasteiger partial charge in [-0.15, -0.1) is 0 Å². The van der Waals surface area contributed by atoms with Gasteiger partial charge in [0.1, 0.15) is 23.9 Å². The van der Waals surface area contributed by atoms with E-state index in [1.165, 1.54) is 38.4 Å². The summed E-state index contributed by atoms with van der Waals surface area (Å²) in [5.74, 6) is 1.53. The number of nitrogens with zero attached hydrogens (tertiary/aromatic N) is 4. The summed E-state index contributed by atoms with van der Waals surface area (Å²) in [6, 6.07) is 1.92. The number of imidazole rings is 1. The van der Waals surface area contributed by atoms with Crippen LogP contribution in [0.25, 0.3) is 22.6 Å². The van der Waals surface area contributed by atoms with Crippen LogP contribution in [0.4, 0.5) is 0 Å². The van der Waals surface area contributed by atoms with Gasteiger partial charge in [0.05, 0.1) is 11.8 Å². The number of aromatic nitrogens is 4. The summed E-state index contributed by atoms with van der Waals surface area (Å²) in [5, 5.41) is 0.400. The van der Waals surface area contributed by atoms with Gasteiger partial charge in [0.15, 0.2) is 10.8 Å². The molecule has 0 N–H and O–H groups in total. The molecule has 0 radical (unpaired) electrons. The monoisotopic (exact) mass is 316 g/mol. The molecule has 0 aromatic carbocycles. The molecule has 0 aliphatic heterocycles. The van der Waals surface area contributed by atoms with Gasteiger partial charge < -0.3 is 8.98 Å². The first-order chi connectivity index (χ1) is 10.8. The number of fused-ring (bicyclic) bond motifs is 1. The van der Waals surface area contributed by atoms with Crippen molar-refractivity contribution in [2.45, 2.75) is 38.6 Å². The van der Waals surface area contributed by atoms with Crippen LogP contribution in [0.1, 0.15) is 32.1 Å². The highest BCUT2D eigenvalue weighted by Crippen LogP contribution is 2.31. The van der Waals surface area contributed by atoms with E-state index in [0.29, 0.717) is 16.6 Å². The third kappa shape index (κ3) is 2.39. The molecule has 5 nitrogen and oxygen atoms in total. The summed E-state index contributed by atoms with van der Waals surface area (Å²) < 4.78 is 7.39. The first-order valence-electron chi connectivity index (χ1n) is 7.72. The van der Waals surface area contributed by atoms with Gasteiger partial charge in [-0.2, -0.15) is 0 Å². The van der Waals surface area contributed by atoms with Crippen molar-refractivity contribution in [3.8, 4) is 11.4 Å². The van der Waals surface area contributed by atoms with Crippen molar-refractivity contribution in [1.82, 2.24) is 19.5 Å². The highest BCUT2D eigenvalue weighted by Gasteiger charge is 2.21. The van der Waals surface area contributed by atoms with Crippen LogP contribution in [-0.2, 0) is 6.54 Å². The molecule has 0 saturated heterocycles. The number of halogens is 1. The zero-order valence-corrected chi connectivity index (χ0v) is 13.0. The lowest BCUT2D eigenvalue weighted by Crippen LogP contribution is -2.15. The lowest BCUT2D eigenvalue weighted by molar-refractivity contribution is 0.322. The molecule has 3 heterocycles. The van der Waals surface area contributed by atoms with Crippen molar-refractivity contribution >= 4 is 22.8 Å². The lowest BCUT2D eigenvalue weighted by atomic mass is 9.89. The van der Waals surface area contributed by atoms with Crippen LogP contribution >= 0.6 is 11.6 Å². The molecule has 3 aromatic heterocycles. The summed E-state index contributed by atoms with van der Waals surface area (Å²) in [5.41, 5.74) is 2.42. The fourth-order valence-corrected chi connectivity index (χ4v) is 3.49. The van der Waals surface area contributed by atoms with E-state index in [1.807, 2.05) is 6.07 Å². The zero-order chi connectivity index (χ0) is 14.9. The minimum atomic E-state index is 0.400. The maximum atomic E-state index is 6.20. The molecule has 1 saturated carbocycles. The standard InChI is InChI=1S/C16H17ClN4O/c17-14-13-16(19-10-18-14)21(8-11-4-2-1-3-5-11)15(20-13)12-6-7-22-9-12/h6-7,9-11H,1-5,8H2. The highest BCUT2D eigenvalue weighted by atomic mass is 35.5. The van der Waals surface area contributed by atoms with E-state index < -0.39 is 0 Å². The summed E-state index contributed by atoms with van der Waals surface area (Å²) in [4.78, 5) is 13.1. The molecule has 22 heavy (non-hydrogen) atoms. The van der Waals surface area contributed by atoms with Crippen LogP contribution in [0.3, 0.4) is 0 Å². The Labute approximate surface area is 133 Å². The molecular weight excluding hydrogens is 300 g/mol. The second-order valence-electron chi connectivity index (χ2n) is 5.90. The smallest absolute Gasteiger partial charge is 0.165 e. The topological polar surface area (TPSA) is 56.7 Å². The van der Waals surface area contributed by atoms with E-state index in [2.05, 4.69) is 19.5 Å². The van der Waals surface area contributed by atoms with Crippen molar-refractivity contribution in [1.29, 1.82) is 0 Å². The lowest BCUT2D eigenvalue weighted by Gasteiger charge is -2.22. The normalized spacial score (nSPS) is 16.4. The molecule has 1 fully saturated rings. The number of hydrogen-bond donors (Lipinski definition) is 0. The van der Waals surface area contributed by atoms with Gasteiger partial charge in [0.2, 0.25) is 0 Å². The number of rotatable bonds is 3. The minimum absolute atomic E-state index is 0.400. The summed E-state index contributed by atoms with van der Waals surface area (Å²) in [6.07, 6.45) is 11.4. The van der Waals surface area contributed by atoms with E-state index in [0.717, 1.165) is 23.6 Å². The van der Waals surface area contributed by atoms with Crippen LogP contribution in [0.5, 0.6) is 0 Å². The van der Waals surface area contributed by atoms with Crippen LogP contribution < -0.4 is 0 Å². The Morgan fingerprint density at radius 2 is 2.09 bits per heavy atom. The molecule has 3 aromatic rings. The Kier molecular flexibility index (Phi) is 3.58. The molecule has 0 bridgehead atoms. The number of furan rings is 1. The average molecular weight is 317 g/mol. The van der Waals surface area contributed by atoms with Gasteiger partial charge in [0.25, 0.3) is 0 Å². The first kappa shape index (κ1) is 13.8. The molecule has 0 atom stereocenters. The van der Waals surface area contributed by atoms with Crippen molar-refractivity contribution < 1.29 is 4.42 Å². The summed E-state index contributed by atoms with van der Waals surface area (Å²) in [7, 11) is 0. The van der Waals surface area contributed by atoms with Gasteiger partial charge in [-0.3, -0.25) is 0 Å². The van der Waals surface area contributed by atoms with Gasteiger partial charge >= 0.3 is 0 Å². The SMILES string of the molecule is Clc1ncnc2c1nc(-c1ccoc1)n2CC1CCCCC1. The van der Waals surface area contributed by atoms with Crippen LogP contribution in [0, 0.1) is 5.92 Å². The summed E-state index contributed by atoms with van der Waals surface area (Å²) in [6.45, 7) is 0.921. The fourth-order valence-electron chi connectivity index (χ4n) is 3.32. The van der Waals surface area contributed by atoms with Gasteiger partial charge in [0, 0.05) is 6.54 Å². The van der Waals surface area contributed by atoms with Crippen molar-refractivity contribution in [3.63, 3.8) is 0 Å². The van der Waals surface area contributed by atoms with Gasteiger partial charge in [-0.05, 0) is 24.8 Å². The van der Waals surface area contributed by atoms with Crippen LogP contribution in [0.15, 0.2) is 29.3 Å². The van der Waals surface area contributed by atoms with Gasteiger partial charge in [-0.25, -0.2) is 15.0 Å². The fraction of sp³-hybridized carbons (Fsp3) is 0.438. The van der Waals surface area contributed by atoms with E-state index in [9.17, 15) is 0 Å². The Hall–Kier alpha value is -1.88.